The molecule has 2 aromatic heterocycles. The molecular weight excluding hydrogens is 384 g/mol. The van der Waals surface area contributed by atoms with Crippen molar-refractivity contribution < 1.29 is 24.9 Å². The summed E-state index contributed by atoms with van der Waals surface area (Å²) in [6.07, 6.45) is 6.89. The Balaban J connectivity index is 1.49. The first-order valence-corrected chi connectivity index (χ1v) is 10.4. The second kappa shape index (κ2) is 10.3. The second-order valence-electron chi connectivity index (χ2n) is 7.77. The van der Waals surface area contributed by atoms with Gasteiger partial charge in [0.1, 0.15) is 5.78 Å². The predicted octanol–water partition coefficient (Wildman–Crippen LogP) is 3.52. The number of ether oxygens (including phenoxy) is 1. The van der Waals surface area contributed by atoms with E-state index in [-0.39, 0.29) is 37.5 Å². The summed E-state index contributed by atoms with van der Waals surface area (Å²) >= 11 is 0. The van der Waals surface area contributed by atoms with Crippen LogP contribution < -0.4 is 4.74 Å². The van der Waals surface area contributed by atoms with Gasteiger partial charge in [-0.25, -0.2) is 0 Å². The van der Waals surface area contributed by atoms with E-state index in [1.807, 2.05) is 36.1 Å². The molecule has 2 atom stereocenters. The minimum Gasteiger partial charge on any atom is -0.504 e. The van der Waals surface area contributed by atoms with Gasteiger partial charge in [0.25, 0.3) is 0 Å². The summed E-state index contributed by atoms with van der Waals surface area (Å²) in [4.78, 5) is 15.3. The number of carbonyl (C=O) groups excluding carboxylic acids is 1. The molecule has 2 heterocycles. The summed E-state index contributed by atoms with van der Waals surface area (Å²) in [5.41, 5.74) is 1.88. The number of rotatable bonds is 12. The fraction of sp³-hybridized carbons (Fsp3) is 0.435. The standard InChI is InChI=1S/C23H30N2O5/c1-2-3-18(26)11-20(28)12-19(27)6-4-16-5-7-22(29)23(10-16)30-15-25-13-17-8-9-24-21(17)14-25/h5,7-10,13-14,18,20,24,26,28-29H,2-4,6,11-12,15H2,1H3. The number of aromatic amines is 1. The van der Waals surface area contributed by atoms with Crippen molar-refractivity contribution >= 4 is 16.7 Å². The van der Waals surface area contributed by atoms with Crippen LogP contribution in [0.5, 0.6) is 11.5 Å². The number of benzene rings is 1. The fourth-order valence-electron chi connectivity index (χ4n) is 3.55. The molecule has 0 bridgehead atoms. The smallest absolute Gasteiger partial charge is 0.165 e. The van der Waals surface area contributed by atoms with Crippen molar-refractivity contribution in [2.24, 2.45) is 0 Å². The number of phenolic OH excluding ortho intramolecular Hbond substituents is 1. The Morgan fingerprint density at radius 3 is 2.80 bits per heavy atom. The highest BCUT2D eigenvalue weighted by Crippen LogP contribution is 2.28. The number of nitrogens with zero attached hydrogens (tertiary/aromatic N) is 1. The SMILES string of the molecule is CCCC(O)CC(O)CC(=O)CCc1ccc(O)c(OCn2cc3cc[nH]c3c2)c1. The molecule has 1 aromatic carbocycles. The highest BCUT2D eigenvalue weighted by atomic mass is 16.5. The van der Waals surface area contributed by atoms with E-state index in [2.05, 4.69) is 4.98 Å². The Hall–Kier alpha value is -2.77. The van der Waals surface area contributed by atoms with Crippen LogP contribution in [0.25, 0.3) is 10.9 Å². The molecular formula is C23H30N2O5. The molecule has 0 spiro atoms. The van der Waals surface area contributed by atoms with Crippen molar-refractivity contribution in [3.63, 3.8) is 0 Å². The molecule has 0 radical (unpaired) electrons. The molecule has 3 aromatic rings. The molecule has 30 heavy (non-hydrogen) atoms. The van der Waals surface area contributed by atoms with Crippen LogP contribution in [0.1, 0.15) is 44.6 Å². The topological polar surface area (TPSA) is 108 Å². The lowest BCUT2D eigenvalue weighted by atomic mass is 10.00. The Bertz CT molecular complexity index is 933. The maximum absolute atomic E-state index is 12.2. The van der Waals surface area contributed by atoms with E-state index in [4.69, 9.17) is 4.74 Å². The number of nitrogens with one attached hydrogen (secondary N) is 1. The van der Waals surface area contributed by atoms with Crippen molar-refractivity contribution in [3.05, 3.63) is 48.4 Å². The Kier molecular flexibility index (Phi) is 7.54. The zero-order valence-electron chi connectivity index (χ0n) is 17.3. The number of aromatic hydroxyl groups is 1. The van der Waals surface area contributed by atoms with Gasteiger partial charge in [0.2, 0.25) is 0 Å². The Morgan fingerprint density at radius 2 is 2.03 bits per heavy atom. The quantitative estimate of drug-likeness (QED) is 0.363. The summed E-state index contributed by atoms with van der Waals surface area (Å²) in [6, 6.07) is 7.03. The molecule has 4 N–H and O–H groups in total. The highest BCUT2D eigenvalue weighted by molar-refractivity contribution is 5.79. The van der Waals surface area contributed by atoms with Crippen LogP contribution >= 0.6 is 0 Å². The lowest BCUT2D eigenvalue weighted by molar-refractivity contribution is -0.121. The molecule has 2 unspecified atom stereocenters. The molecule has 7 heteroatoms. The van der Waals surface area contributed by atoms with Crippen LogP contribution in [0.3, 0.4) is 0 Å². The van der Waals surface area contributed by atoms with Crippen LogP contribution in [0.4, 0.5) is 0 Å². The lowest BCUT2D eigenvalue weighted by Crippen LogP contribution is -2.20. The van der Waals surface area contributed by atoms with Crippen LogP contribution in [-0.2, 0) is 17.9 Å². The average Bonchev–Trinajstić information content (AvgIpc) is 3.28. The van der Waals surface area contributed by atoms with Gasteiger partial charge in [0.15, 0.2) is 18.2 Å². The van der Waals surface area contributed by atoms with Crippen molar-refractivity contribution in [2.45, 2.75) is 64.4 Å². The van der Waals surface area contributed by atoms with E-state index >= 15 is 0 Å². The third-order valence-corrected chi connectivity index (χ3v) is 5.13. The number of fused-ring (bicyclic) bond motifs is 1. The van der Waals surface area contributed by atoms with Gasteiger partial charge in [0.05, 0.1) is 17.7 Å². The normalized spacial score (nSPS) is 13.4. The number of aliphatic hydroxyl groups excluding tert-OH is 2. The van der Waals surface area contributed by atoms with E-state index in [0.29, 0.717) is 18.6 Å². The largest absolute Gasteiger partial charge is 0.504 e. The molecule has 0 aliphatic heterocycles. The molecule has 0 fully saturated rings. The number of hydrogen-bond acceptors (Lipinski definition) is 5. The number of hydrogen-bond donors (Lipinski definition) is 4. The van der Waals surface area contributed by atoms with Gasteiger partial charge in [-0.2, -0.15) is 0 Å². The molecule has 162 valence electrons. The van der Waals surface area contributed by atoms with Gasteiger partial charge in [-0.05, 0) is 43.0 Å². The molecule has 3 rings (SSSR count). The zero-order valence-corrected chi connectivity index (χ0v) is 17.3. The predicted molar refractivity (Wildman–Crippen MR) is 115 cm³/mol. The summed E-state index contributed by atoms with van der Waals surface area (Å²) in [7, 11) is 0. The van der Waals surface area contributed by atoms with Gasteiger partial charge in [0, 0.05) is 36.8 Å². The minimum absolute atomic E-state index is 0.0446. The summed E-state index contributed by atoms with van der Waals surface area (Å²) < 4.78 is 7.63. The maximum Gasteiger partial charge on any atom is 0.165 e. The Labute approximate surface area is 175 Å². The first-order valence-electron chi connectivity index (χ1n) is 10.4. The van der Waals surface area contributed by atoms with Crippen molar-refractivity contribution in [1.82, 2.24) is 9.55 Å². The van der Waals surface area contributed by atoms with Gasteiger partial charge in [-0.1, -0.05) is 19.4 Å². The number of H-pyrrole nitrogens is 1. The van der Waals surface area contributed by atoms with Crippen molar-refractivity contribution in [2.75, 3.05) is 0 Å². The first kappa shape index (κ1) is 21.9. The van der Waals surface area contributed by atoms with E-state index in [0.717, 1.165) is 22.9 Å². The summed E-state index contributed by atoms with van der Waals surface area (Å²) in [6.45, 7) is 2.22. The molecule has 0 saturated heterocycles. The van der Waals surface area contributed by atoms with E-state index in [9.17, 15) is 20.1 Å². The van der Waals surface area contributed by atoms with Gasteiger partial charge in [-0.3, -0.25) is 4.79 Å². The molecule has 0 amide bonds. The number of carbonyl (C=O) groups is 1. The zero-order chi connectivity index (χ0) is 21.5. The second-order valence-corrected chi connectivity index (χ2v) is 7.77. The number of Topliss-reactive ketones (excluding diaryl/α,β-unsaturated/α-hetero) is 1. The average molecular weight is 415 g/mol. The monoisotopic (exact) mass is 414 g/mol. The van der Waals surface area contributed by atoms with Gasteiger partial charge >= 0.3 is 0 Å². The fourth-order valence-corrected chi connectivity index (χ4v) is 3.55. The van der Waals surface area contributed by atoms with Crippen molar-refractivity contribution in [1.29, 1.82) is 0 Å². The summed E-state index contributed by atoms with van der Waals surface area (Å²) in [5.74, 6) is 0.354. The van der Waals surface area contributed by atoms with Gasteiger partial charge in [-0.15, -0.1) is 0 Å². The first-order chi connectivity index (χ1) is 14.4. The van der Waals surface area contributed by atoms with E-state index < -0.39 is 12.2 Å². The maximum atomic E-state index is 12.2. The highest BCUT2D eigenvalue weighted by Gasteiger charge is 2.15. The summed E-state index contributed by atoms with van der Waals surface area (Å²) in [5, 5.41) is 30.9. The number of phenols is 1. The van der Waals surface area contributed by atoms with E-state index in [1.54, 1.807) is 18.2 Å². The van der Waals surface area contributed by atoms with Crippen LogP contribution in [0.15, 0.2) is 42.9 Å². The lowest BCUT2D eigenvalue weighted by Gasteiger charge is -2.14. The molecule has 0 aliphatic carbocycles. The molecule has 0 aliphatic rings. The van der Waals surface area contributed by atoms with Crippen LogP contribution in [0.2, 0.25) is 0 Å². The number of aryl methyl sites for hydroxylation is 1. The van der Waals surface area contributed by atoms with E-state index in [1.165, 1.54) is 0 Å². The number of aromatic nitrogens is 2. The number of aliphatic hydroxyl groups is 2. The third-order valence-electron chi connectivity index (χ3n) is 5.13. The third kappa shape index (κ3) is 6.11. The van der Waals surface area contributed by atoms with Crippen LogP contribution in [-0.4, -0.2) is 42.9 Å². The minimum atomic E-state index is -0.815. The molecule has 7 nitrogen and oxygen atoms in total. The number of ketones is 1. The van der Waals surface area contributed by atoms with Crippen molar-refractivity contribution in [3.8, 4) is 11.5 Å². The van der Waals surface area contributed by atoms with Gasteiger partial charge < -0.3 is 29.6 Å². The van der Waals surface area contributed by atoms with Crippen LogP contribution in [0, 0.1) is 0 Å². The Morgan fingerprint density at radius 1 is 1.20 bits per heavy atom. The molecule has 0 saturated carbocycles.